The van der Waals surface area contributed by atoms with E-state index in [0.717, 1.165) is 44.2 Å². The van der Waals surface area contributed by atoms with Gasteiger partial charge in [-0.2, -0.15) is 5.10 Å². The number of likely N-dealkylation sites (N-methyl/N-ethyl adjacent to an activating group) is 1. The zero-order valence-electron chi connectivity index (χ0n) is 20.9. The molecule has 0 bridgehead atoms. The lowest BCUT2D eigenvalue weighted by molar-refractivity contribution is -0.142. The van der Waals surface area contributed by atoms with Gasteiger partial charge in [-0.3, -0.25) is 14.4 Å². The number of nitrogens with zero attached hydrogens (tertiary/aromatic N) is 3. The number of likely N-dealkylation sites (tertiary alicyclic amines) is 1. The van der Waals surface area contributed by atoms with Crippen molar-refractivity contribution in [2.24, 2.45) is 5.92 Å². The number of hydrogen-bond acceptors (Lipinski definition) is 5. The minimum absolute atomic E-state index is 0.0767. The SMILES string of the molecule is CN[C@@H](C)C(=O)N[C@H](C(=O)N1CCC[C@H]1C(=O)Nc1ccnn1-c1cccc(Cl)c1)C1CCCCC1. The van der Waals surface area contributed by atoms with Crippen LogP contribution in [0.3, 0.4) is 0 Å². The van der Waals surface area contributed by atoms with Crippen molar-refractivity contribution in [1.29, 1.82) is 0 Å². The van der Waals surface area contributed by atoms with Crippen LogP contribution in [0.25, 0.3) is 5.69 Å². The maximum absolute atomic E-state index is 13.8. The Hall–Kier alpha value is -2.91. The Labute approximate surface area is 216 Å². The summed E-state index contributed by atoms with van der Waals surface area (Å²) in [4.78, 5) is 41.6. The first-order valence-corrected chi connectivity index (χ1v) is 13.2. The molecule has 1 saturated heterocycles. The van der Waals surface area contributed by atoms with E-state index in [9.17, 15) is 14.4 Å². The highest BCUT2D eigenvalue weighted by Crippen LogP contribution is 2.30. The van der Waals surface area contributed by atoms with Crippen molar-refractivity contribution in [3.05, 3.63) is 41.6 Å². The second kappa shape index (κ2) is 11.9. The first-order valence-electron chi connectivity index (χ1n) is 12.8. The fourth-order valence-electron chi connectivity index (χ4n) is 5.16. The molecule has 1 aliphatic carbocycles. The normalized spacial score (nSPS) is 20.1. The number of hydrogen-bond donors (Lipinski definition) is 3. The fraction of sp³-hybridized carbons (Fsp3) is 0.538. The van der Waals surface area contributed by atoms with E-state index >= 15 is 0 Å². The van der Waals surface area contributed by atoms with Gasteiger partial charge in [0.05, 0.1) is 17.9 Å². The van der Waals surface area contributed by atoms with E-state index in [1.54, 1.807) is 47.9 Å². The van der Waals surface area contributed by atoms with Crippen LogP contribution in [0.4, 0.5) is 5.82 Å². The summed E-state index contributed by atoms with van der Waals surface area (Å²) in [5.74, 6) is -0.0529. The molecule has 0 unspecified atom stereocenters. The number of nitrogens with one attached hydrogen (secondary N) is 3. The summed E-state index contributed by atoms with van der Waals surface area (Å²) in [6.07, 6.45) is 7.94. The van der Waals surface area contributed by atoms with Crippen molar-refractivity contribution < 1.29 is 14.4 Å². The topological polar surface area (TPSA) is 108 Å². The Morgan fingerprint density at radius 1 is 1.08 bits per heavy atom. The van der Waals surface area contributed by atoms with Gasteiger partial charge in [-0.1, -0.05) is 36.9 Å². The molecule has 0 radical (unpaired) electrons. The van der Waals surface area contributed by atoms with Crippen LogP contribution in [0.2, 0.25) is 5.02 Å². The molecule has 3 N–H and O–H groups in total. The van der Waals surface area contributed by atoms with E-state index < -0.39 is 18.1 Å². The quantitative estimate of drug-likeness (QED) is 0.501. The molecule has 9 nitrogen and oxygen atoms in total. The van der Waals surface area contributed by atoms with Gasteiger partial charge in [0.1, 0.15) is 17.9 Å². The molecule has 2 heterocycles. The molecule has 0 spiro atoms. The molecule has 10 heteroatoms. The van der Waals surface area contributed by atoms with Crippen LogP contribution in [0, 0.1) is 5.92 Å². The Bertz CT molecular complexity index is 1080. The summed E-state index contributed by atoms with van der Waals surface area (Å²) in [7, 11) is 1.72. The van der Waals surface area contributed by atoms with E-state index in [4.69, 9.17) is 11.6 Å². The molecule has 1 saturated carbocycles. The Morgan fingerprint density at radius 3 is 2.58 bits per heavy atom. The largest absolute Gasteiger partial charge is 0.343 e. The highest BCUT2D eigenvalue weighted by atomic mass is 35.5. The Balaban J connectivity index is 1.50. The summed E-state index contributed by atoms with van der Waals surface area (Å²) < 4.78 is 1.61. The number of halogens is 1. The molecule has 2 aromatic rings. The molecule has 3 atom stereocenters. The number of amides is 3. The molecule has 3 amide bonds. The minimum Gasteiger partial charge on any atom is -0.343 e. The van der Waals surface area contributed by atoms with E-state index in [1.165, 1.54) is 0 Å². The molecule has 194 valence electrons. The average molecular weight is 515 g/mol. The molecular weight excluding hydrogens is 480 g/mol. The van der Waals surface area contributed by atoms with Crippen LogP contribution < -0.4 is 16.0 Å². The van der Waals surface area contributed by atoms with Crippen LogP contribution in [0.1, 0.15) is 51.9 Å². The number of carbonyl (C=O) groups excluding carboxylic acids is 3. The molecule has 1 aromatic carbocycles. The van der Waals surface area contributed by atoms with Crippen LogP contribution in [-0.2, 0) is 14.4 Å². The van der Waals surface area contributed by atoms with Crippen LogP contribution >= 0.6 is 11.6 Å². The molecule has 2 aliphatic rings. The number of rotatable bonds is 8. The summed E-state index contributed by atoms with van der Waals surface area (Å²) >= 11 is 6.13. The van der Waals surface area contributed by atoms with Crippen molar-refractivity contribution in [1.82, 2.24) is 25.3 Å². The van der Waals surface area contributed by atoms with Gasteiger partial charge < -0.3 is 20.9 Å². The maximum Gasteiger partial charge on any atom is 0.248 e. The fourth-order valence-corrected chi connectivity index (χ4v) is 5.35. The van der Waals surface area contributed by atoms with Crippen LogP contribution in [0.15, 0.2) is 36.5 Å². The summed E-state index contributed by atoms with van der Waals surface area (Å²) in [5.41, 5.74) is 0.723. The molecule has 4 rings (SSSR count). The highest BCUT2D eigenvalue weighted by molar-refractivity contribution is 6.30. The zero-order valence-corrected chi connectivity index (χ0v) is 21.6. The van der Waals surface area contributed by atoms with Gasteiger partial charge in [0.25, 0.3) is 0 Å². The van der Waals surface area contributed by atoms with Gasteiger partial charge in [0.2, 0.25) is 17.7 Å². The van der Waals surface area contributed by atoms with Crippen molar-refractivity contribution in [3.63, 3.8) is 0 Å². The second-order valence-electron chi connectivity index (χ2n) is 9.68. The summed E-state index contributed by atoms with van der Waals surface area (Å²) in [6, 6.07) is 7.27. The van der Waals surface area contributed by atoms with E-state index in [1.807, 2.05) is 12.1 Å². The zero-order chi connectivity index (χ0) is 25.7. The van der Waals surface area contributed by atoms with Crippen LogP contribution in [0.5, 0.6) is 0 Å². The third-order valence-corrected chi connectivity index (χ3v) is 7.53. The number of benzene rings is 1. The lowest BCUT2D eigenvalue weighted by Gasteiger charge is -2.35. The van der Waals surface area contributed by atoms with Gasteiger partial charge in [-0.25, -0.2) is 4.68 Å². The monoisotopic (exact) mass is 514 g/mol. The Kier molecular flexibility index (Phi) is 8.64. The lowest BCUT2D eigenvalue weighted by atomic mass is 9.83. The van der Waals surface area contributed by atoms with Crippen molar-refractivity contribution in [2.45, 2.75) is 70.0 Å². The molecular formula is C26H35ClN6O3. The average Bonchev–Trinajstić information content (AvgIpc) is 3.57. The first kappa shape index (κ1) is 26.2. The molecule has 2 fully saturated rings. The van der Waals surface area contributed by atoms with Crippen molar-refractivity contribution in [3.8, 4) is 5.69 Å². The van der Waals surface area contributed by atoms with Gasteiger partial charge in [0.15, 0.2) is 0 Å². The second-order valence-corrected chi connectivity index (χ2v) is 10.1. The number of aromatic nitrogens is 2. The van der Waals surface area contributed by atoms with E-state index in [-0.39, 0.29) is 23.6 Å². The number of carbonyl (C=O) groups is 3. The van der Waals surface area contributed by atoms with Crippen LogP contribution in [-0.4, -0.2) is 64.1 Å². The third-order valence-electron chi connectivity index (χ3n) is 7.30. The minimum atomic E-state index is -0.626. The third kappa shape index (κ3) is 5.90. The van der Waals surface area contributed by atoms with Gasteiger partial charge in [-0.05, 0) is 63.8 Å². The molecule has 1 aliphatic heterocycles. The highest BCUT2D eigenvalue weighted by Gasteiger charge is 2.41. The van der Waals surface area contributed by atoms with Gasteiger partial charge in [-0.15, -0.1) is 0 Å². The molecule has 1 aromatic heterocycles. The first-order chi connectivity index (χ1) is 17.4. The van der Waals surface area contributed by atoms with Gasteiger partial charge in [0, 0.05) is 17.6 Å². The standard InChI is InChI=1S/C26H35ClN6O3/c1-17(28-2)24(34)31-23(18-8-4-3-5-9-18)26(36)32-15-7-12-21(32)25(35)30-22-13-14-29-33(22)20-11-6-10-19(27)16-20/h6,10-11,13-14,16-18,21,23,28H,3-5,7-9,12,15H2,1-2H3,(H,30,35)(H,31,34)/t17-,21-,23-/m0/s1. The predicted octanol–water partition coefficient (Wildman–Crippen LogP) is 3.13. The van der Waals surface area contributed by atoms with Crippen molar-refractivity contribution in [2.75, 3.05) is 18.9 Å². The summed E-state index contributed by atoms with van der Waals surface area (Å²) in [6.45, 7) is 2.26. The smallest absolute Gasteiger partial charge is 0.248 e. The molecule has 36 heavy (non-hydrogen) atoms. The van der Waals surface area contributed by atoms with E-state index in [2.05, 4.69) is 21.0 Å². The maximum atomic E-state index is 13.8. The predicted molar refractivity (Wildman–Crippen MR) is 139 cm³/mol. The van der Waals surface area contributed by atoms with Crippen molar-refractivity contribution >= 4 is 35.1 Å². The van der Waals surface area contributed by atoms with Gasteiger partial charge >= 0.3 is 0 Å². The summed E-state index contributed by atoms with van der Waals surface area (Å²) in [5, 5.41) is 13.8. The van der Waals surface area contributed by atoms with E-state index in [0.29, 0.717) is 23.8 Å². The lowest BCUT2D eigenvalue weighted by Crippen LogP contribution is -2.57. The number of anilines is 1. The Morgan fingerprint density at radius 2 is 1.86 bits per heavy atom.